The summed E-state index contributed by atoms with van der Waals surface area (Å²) in [6, 6.07) is 5.53. The molecule has 0 aliphatic carbocycles. The average Bonchev–Trinajstić information content (AvgIpc) is 3.23. The number of carbonyl (C=O) groups excluding carboxylic acids is 1. The van der Waals surface area contributed by atoms with E-state index in [-0.39, 0.29) is 11.3 Å². The van der Waals surface area contributed by atoms with Crippen molar-refractivity contribution in [2.45, 2.75) is 25.4 Å². The van der Waals surface area contributed by atoms with Crippen molar-refractivity contribution < 1.29 is 32.6 Å². The summed E-state index contributed by atoms with van der Waals surface area (Å²) in [5, 5.41) is 7.12. The van der Waals surface area contributed by atoms with E-state index in [0.717, 1.165) is 51.3 Å². The lowest BCUT2D eigenvalue weighted by molar-refractivity contribution is -0.192. The molecule has 2 aliphatic heterocycles. The van der Waals surface area contributed by atoms with Gasteiger partial charge in [-0.1, -0.05) is 0 Å². The smallest absolute Gasteiger partial charge is 0.481 e. The molecule has 0 bridgehead atoms. The van der Waals surface area contributed by atoms with Crippen LogP contribution >= 0.6 is 0 Å². The van der Waals surface area contributed by atoms with Crippen LogP contribution in [-0.4, -0.2) is 76.3 Å². The second-order valence-corrected chi connectivity index (χ2v) is 7.93. The van der Waals surface area contributed by atoms with E-state index in [9.17, 15) is 18.0 Å². The number of hydrogen-bond donors (Lipinski definition) is 1. The first-order valence-corrected chi connectivity index (χ1v) is 10.2. The second-order valence-electron chi connectivity index (χ2n) is 7.93. The number of halogens is 3. The number of carboxylic acids is 1. The molecule has 2 aliphatic rings. The third kappa shape index (κ3) is 6.08. The average molecular weight is 467 g/mol. The zero-order chi connectivity index (χ0) is 24.1. The van der Waals surface area contributed by atoms with Gasteiger partial charge in [-0.2, -0.15) is 13.2 Å². The predicted molar refractivity (Wildman–Crippen MR) is 111 cm³/mol. The van der Waals surface area contributed by atoms with Crippen molar-refractivity contribution in [1.29, 1.82) is 0 Å². The van der Waals surface area contributed by atoms with Crippen LogP contribution in [0.1, 0.15) is 29.6 Å². The molecule has 0 radical (unpaired) electrons. The number of ether oxygens (including phenoxy) is 1. The van der Waals surface area contributed by atoms with Crippen LogP contribution < -0.4 is 9.64 Å². The van der Waals surface area contributed by atoms with E-state index in [1.807, 2.05) is 23.1 Å². The molecule has 9 nitrogen and oxygen atoms in total. The maximum Gasteiger partial charge on any atom is 0.490 e. The van der Waals surface area contributed by atoms with Crippen LogP contribution in [0.5, 0.6) is 5.88 Å². The first-order valence-electron chi connectivity index (χ1n) is 10.2. The van der Waals surface area contributed by atoms with Crippen molar-refractivity contribution in [3.63, 3.8) is 0 Å². The highest BCUT2D eigenvalue weighted by Gasteiger charge is 2.42. The number of pyridine rings is 1. The van der Waals surface area contributed by atoms with E-state index in [1.54, 1.807) is 25.8 Å². The van der Waals surface area contributed by atoms with Gasteiger partial charge in [0.1, 0.15) is 12.1 Å². The van der Waals surface area contributed by atoms with Gasteiger partial charge in [-0.05, 0) is 36.8 Å². The lowest BCUT2D eigenvalue weighted by Gasteiger charge is -2.39. The molecular weight excluding hydrogens is 443 g/mol. The summed E-state index contributed by atoms with van der Waals surface area (Å²) in [5.74, 6) is -1.16. The number of hydrogen-bond acceptors (Lipinski definition) is 7. The van der Waals surface area contributed by atoms with Crippen LogP contribution in [0.3, 0.4) is 0 Å². The molecule has 1 amide bonds. The number of anilines is 1. The quantitative estimate of drug-likeness (QED) is 0.734. The number of carboxylic acid groups (broad SMARTS) is 1. The third-order valence-corrected chi connectivity index (χ3v) is 5.86. The summed E-state index contributed by atoms with van der Waals surface area (Å²) < 4.78 is 36.9. The summed E-state index contributed by atoms with van der Waals surface area (Å²) >= 11 is 0. The molecule has 0 atom stereocenters. The molecule has 1 N–H and O–H groups in total. The highest BCUT2D eigenvalue weighted by Crippen LogP contribution is 2.41. The van der Waals surface area contributed by atoms with E-state index < -0.39 is 12.1 Å². The normalized spacial score (nSPS) is 17.3. The maximum absolute atomic E-state index is 12.6. The lowest BCUT2D eigenvalue weighted by atomic mass is 9.77. The van der Waals surface area contributed by atoms with Gasteiger partial charge in [0.05, 0.1) is 12.7 Å². The number of likely N-dealkylation sites (tertiary alicyclic amines) is 1. The van der Waals surface area contributed by atoms with Crippen molar-refractivity contribution >= 4 is 17.7 Å². The molecule has 33 heavy (non-hydrogen) atoms. The van der Waals surface area contributed by atoms with E-state index in [2.05, 4.69) is 19.9 Å². The van der Waals surface area contributed by atoms with Crippen LogP contribution in [0, 0.1) is 5.41 Å². The molecule has 0 saturated carbocycles. The number of methoxy groups -OCH3 is 1. The van der Waals surface area contributed by atoms with Crippen LogP contribution in [-0.2, 0) is 4.79 Å². The van der Waals surface area contributed by atoms with Crippen LogP contribution in [0.15, 0.2) is 36.9 Å². The number of aromatic nitrogens is 3. The molecule has 2 saturated heterocycles. The number of rotatable bonds is 3. The van der Waals surface area contributed by atoms with Crippen LogP contribution in [0.4, 0.5) is 19.0 Å². The largest absolute Gasteiger partial charge is 0.490 e. The zero-order valence-electron chi connectivity index (χ0n) is 18.0. The van der Waals surface area contributed by atoms with Crippen LogP contribution in [0.2, 0.25) is 0 Å². The molecule has 2 fully saturated rings. The molecule has 4 heterocycles. The summed E-state index contributed by atoms with van der Waals surface area (Å²) in [5.41, 5.74) is 0.939. The Kier molecular flexibility index (Phi) is 7.34. The van der Waals surface area contributed by atoms with Gasteiger partial charge in [0.25, 0.3) is 5.91 Å². The van der Waals surface area contributed by atoms with Gasteiger partial charge in [0.15, 0.2) is 0 Å². The Morgan fingerprint density at radius 2 is 1.82 bits per heavy atom. The van der Waals surface area contributed by atoms with Crippen molar-refractivity contribution in [1.82, 2.24) is 19.9 Å². The number of alkyl halides is 3. The summed E-state index contributed by atoms with van der Waals surface area (Å²) in [6.45, 7) is 3.56. The topological polar surface area (TPSA) is 109 Å². The first-order chi connectivity index (χ1) is 15.6. The number of carbonyl (C=O) groups is 2. The van der Waals surface area contributed by atoms with E-state index in [0.29, 0.717) is 11.4 Å². The first kappa shape index (κ1) is 24.2. The van der Waals surface area contributed by atoms with Gasteiger partial charge in [-0.15, -0.1) is 0 Å². The van der Waals surface area contributed by atoms with Gasteiger partial charge in [0.2, 0.25) is 5.88 Å². The Bertz CT molecular complexity index is 966. The molecule has 1 spiro atoms. The summed E-state index contributed by atoms with van der Waals surface area (Å²) in [6.07, 6.45) is 2.99. The minimum absolute atomic E-state index is 0.0864. The highest BCUT2D eigenvalue weighted by atomic mass is 19.4. The molecule has 0 unspecified atom stereocenters. The van der Waals surface area contributed by atoms with Gasteiger partial charge in [-0.25, -0.2) is 14.8 Å². The fourth-order valence-corrected chi connectivity index (χ4v) is 4.01. The van der Waals surface area contributed by atoms with Gasteiger partial charge >= 0.3 is 12.1 Å². The Labute approximate surface area is 188 Å². The number of nitrogens with zero attached hydrogens (tertiary/aromatic N) is 5. The standard InChI is InChI=1S/C19H23N5O2.C2HF3O2/c1-26-17-11-16(21-14-22-17)24-10-6-19(13-24)4-8-23(9-5-19)18(25)15-3-2-7-20-12-15;3-2(4,5)1(6)7/h2-3,7,11-12,14H,4-6,8-10,13H2,1H3;(H,6,7). The van der Waals surface area contributed by atoms with Gasteiger partial charge in [0, 0.05) is 44.6 Å². The fraction of sp³-hybridized carbons (Fsp3) is 0.476. The minimum Gasteiger partial charge on any atom is -0.481 e. The Balaban J connectivity index is 0.000000383. The number of aliphatic carboxylic acids is 1. The van der Waals surface area contributed by atoms with Crippen molar-refractivity contribution in [3.8, 4) is 5.88 Å². The Morgan fingerprint density at radius 3 is 2.39 bits per heavy atom. The molecule has 178 valence electrons. The summed E-state index contributed by atoms with van der Waals surface area (Å²) in [7, 11) is 1.62. The van der Waals surface area contributed by atoms with Gasteiger partial charge < -0.3 is 19.6 Å². The lowest BCUT2D eigenvalue weighted by Crippen LogP contribution is -2.44. The van der Waals surface area contributed by atoms with E-state index >= 15 is 0 Å². The minimum atomic E-state index is -5.08. The molecule has 12 heteroatoms. The third-order valence-electron chi connectivity index (χ3n) is 5.86. The number of amides is 1. The maximum atomic E-state index is 12.6. The monoisotopic (exact) mass is 467 g/mol. The van der Waals surface area contributed by atoms with Crippen molar-refractivity contribution in [2.75, 3.05) is 38.2 Å². The van der Waals surface area contributed by atoms with Crippen molar-refractivity contribution in [3.05, 3.63) is 42.5 Å². The van der Waals surface area contributed by atoms with Crippen molar-refractivity contribution in [2.24, 2.45) is 5.41 Å². The van der Waals surface area contributed by atoms with Gasteiger partial charge in [-0.3, -0.25) is 9.78 Å². The van der Waals surface area contributed by atoms with E-state index in [4.69, 9.17) is 14.6 Å². The summed E-state index contributed by atoms with van der Waals surface area (Å²) in [4.78, 5) is 38.3. The number of piperidine rings is 1. The predicted octanol–water partition coefficient (Wildman–Crippen LogP) is 2.65. The molecule has 4 rings (SSSR count). The highest BCUT2D eigenvalue weighted by molar-refractivity contribution is 5.93. The Morgan fingerprint density at radius 1 is 1.15 bits per heavy atom. The van der Waals surface area contributed by atoms with Crippen LogP contribution in [0.25, 0.3) is 0 Å². The molecule has 2 aromatic rings. The molecular formula is C21H24F3N5O4. The molecule has 2 aromatic heterocycles. The fourth-order valence-electron chi connectivity index (χ4n) is 4.01. The SMILES string of the molecule is COc1cc(N2CCC3(CCN(C(=O)c4cccnc4)CC3)C2)ncn1.O=C(O)C(F)(F)F. The zero-order valence-corrected chi connectivity index (χ0v) is 18.0. The second kappa shape index (κ2) is 10.0. The molecule has 0 aromatic carbocycles. The van der Waals surface area contributed by atoms with E-state index in [1.165, 1.54) is 0 Å². The Hall–Kier alpha value is -3.44.